The van der Waals surface area contributed by atoms with Gasteiger partial charge in [0.2, 0.25) is 0 Å². The van der Waals surface area contributed by atoms with Gasteiger partial charge in [-0.1, -0.05) is 19.1 Å². The number of hydrogen-bond donors (Lipinski definition) is 3. The third-order valence-electron chi connectivity index (χ3n) is 2.61. The molecule has 0 aromatic heterocycles. The fourth-order valence-corrected chi connectivity index (χ4v) is 1.44. The van der Waals surface area contributed by atoms with E-state index in [1.54, 1.807) is 0 Å². The molecule has 2 amide bonds. The smallest absolute Gasteiger partial charge is 0.314 e. The molecule has 1 unspecified atom stereocenters. The van der Waals surface area contributed by atoms with Crippen molar-refractivity contribution in [2.45, 2.75) is 39.5 Å². The molecule has 0 fully saturated rings. The van der Waals surface area contributed by atoms with Crippen molar-refractivity contribution in [3.8, 4) is 0 Å². The van der Waals surface area contributed by atoms with Crippen LogP contribution in [0.2, 0.25) is 0 Å². The lowest BCUT2D eigenvalue weighted by atomic mass is 10.0. The zero-order valence-electron chi connectivity index (χ0n) is 11.2. The van der Waals surface area contributed by atoms with Crippen LogP contribution in [0.3, 0.4) is 0 Å². The van der Waals surface area contributed by atoms with Crippen molar-refractivity contribution in [1.82, 2.24) is 10.6 Å². The molecule has 0 saturated heterocycles. The quantitative estimate of drug-likeness (QED) is 0.437. The van der Waals surface area contributed by atoms with E-state index in [-0.39, 0.29) is 12.5 Å². The van der Waals surface area contributed by atoms with E-state index in [2.05, 4.69) is 10.6 Å². The number of urea groups is 1. The maximum absolute atomic E-state index is 11.3. The average molecular weight is 256 g/mol. The summed E-state index contributed by atoms with van der Waals surface area (Å²) in [7, 11) is 0. The SMILES string of the molecule is C/C=C/CCNC(=O)NCCC(C)CCC(=O)O. The largest absolute Gasteiger partial charge is 0.481 e. The van der Waals surface area contributed by atoms with Crippen LogP contribution in [0.1, 0.15) is 39.5 Å². The number of amides is 2. The molecule has 0 aliphatic rings. The van der Waals surface area contributed by atoms with Gasteiger partial charge >= 0.3 is 12.0 Å². The zero-order valence-corrected chi connectivity index (χ0v) is 11.2. The summed E-state index contributed by atoms with van der Waals surface area (Å²) in [5.41, 5.74) is 0. The van der Waals surface area contributed by atoms with E-state index < -0.39 is 5.97 Å². The van der Waals surface area contributed by atoms with Gasteiger partial charge in [-0.2, -0.15) is 0 Å². The summed E-state index contributed by atoms with van der Waals surface area (Å²) < 4.78 is 0. The van der Waals surface area contributed by atoms with Crippen LogP contribution in [0.4, 0.5) is 4.79 Å². The first kappa shape index (κ1) is 16.5. The van der Waals surface area contributed by atoms with E-state index in [0.29, 0.717) is 25.4 Å². The van der Waals surface area contributed by atoms with Crippen LogP contribution in [0, 0.1) is 5.92 Å². The summed E-state index contributed by atoms with van der Waals surface area (Å²) in [6.07, 6.45) is 6.42. The second-order valence-electron chi connectivity index (χ2n) is 4.37. The molecule has 0 rings (SSSR count). The molecule has 5 nitrogen and oxygen atoms in total. The number of aliphatic carboxylic acids is 1. The Hall–Kier alpha value is -1.52. The van der Waals surface area contributed by atoms with Crippen LogP contribution in [0.15, 0.2) is 12.2 Å². The average Bonchev–Trinajstić information content (AvgIpc) is 2.32. The molecule has 5 heteroatoms. The molecule has 0 aliphatic carbocycles. The monoisotopic (exact) mass is 256 g/mol. The molecule has 0 aromatic rings. The van der Waals surface area contributed by atoms with E-state index in [1.807, 2.05) is 26.0 Å². The van der Waals surface area contributed by atoms with Gasteiger partial charge in [0.1, 0.15) is 0 Å². The molecule has 0 radical (unpaired) electrons. The lowest BCUT2D eigenvalue weighted by Crippen LogP contribution is -2.36. The van der Waals surface area contributed by atoms with E-state index in [9.17, 15) is 9.59 Å². The lowest BCUT2D eigenvalue weighted by molar-refractivity contribution is -0.137. The van der Waals surface area contributed by atoms with Gasteiger partial charge in [-0.3, -0.25) is 4.79 Å². The number of carboxylic acids is 1. The molecule has 104 valence electrons. The maximum atomic E-state index is 11.3. The Bertz CT molecular complexity index is 277. The number of allylic oxidation sites excluding steroid dienone is 1. The third kappa shape index (κ3) is 11.0. The van der Waals surface area contributed by atoms with Crippen molar-refractivity contribution < 1.29 is 14.7 Å². The summed E-state index contributed by atoms with van der Waals surface area (Å²) in [4.78, 5) is 21.7. The van der Waals surface area contributed by atoms with Gasteiger partial charge in [0.05, 0.1) is 0 Å². The van der Waals surface area contributed by atoms with Crippen LogP contribution < -0.4 is 10.6 Å². The van der Waals surface area contributed by atoms with Crippen molar-refractivity contribution in [3.05, 3.63) is 12.2 Å². The Labute approximate surface area is 109 Å². The molecular formula is C13H24N2O3. The summed E-state index contributed by atoms with van der Waals surface area (Å²) in [5.74, 6) is -0.457. The first-order valence-electron chi connectivity index (χ1n) is 6.41. The number of rotatable bonds is 9. The van der Waals surface area contributed by atoms with Crippen LogP contribution in [0.5, 0.6) is 0 Å². The molecule has 18 heavy (non-hydrogen) atoms. The van der Waals surface area contributed by atoms with E-state index in [0.717, 1.165) is 12.8 Å². The zero-order chi connectivity index (χ0) is 13.8. The van der Waals surface area contributed by atoms with Crippen molar-refractivity contribution >= 4 is 12.0 Å². The van der Waals surface area contributed by atoms with Gasteiger partial charge in [0.15, 0.2) is 0 Å². The van der Waals surface area contributed by atoms with Crippen LogP contribution in [-0.2, 0) is 4.79 Å². The Balaban J connectivity index is 3.46. The third-order valence-corrected chi connectivity index (χ3v) is 2.61. The Morgan fingerprint density at radius 3 is 2.50 bits per heavy atom. The fourth-order valence-electron chi connectivity index (χ4n) is 1.44. The minimum atomic E-state index is -0.767. The minimum Gasteiger partial charge on any atom is -0.481 e. The van der Waals surface area contributed by atoms with Crippen molar-refractivity contribution in [2.75, 3.05) is 13.1 Å². The number of carboxylic acid groups (broad SMARTS) is 1. The van der Waals surface area contributed by atoms with Gasteiger partial charge in [0.25, 0.3) is 0 Å². The molecule has 1 atom stereocenters. The maximum Gasteiger partial charge on any atom is 0.314 e. The molecule has 0 heterocycles. The Kier molecular flexibility index (Phi) is 9.73. The van der Waals surface area contributed by atoms with E-state index in [1.165, 1.54) is 0 Å². The van der Waals surface area contributed by atoms with Crippen molar-refractivity contribution in [2.24, 2.45) is 5.92 Å². The molecule has 0 spiro atoms. The first-order chi connectivity index (χ1) is 8.56. The van der Waals surface area contributed by atoms with Crippen molar-refractivity contribution in [1.29, 1.82) is 0 Å². The van der Waals surface area contributed by atoms with Crippen LogP contribution >= 0.6 is 0 Å². The second kappa shape index (κ2) is 10.6. The van der Waals surface area contributed by atoms with Gasteiger partial charge in [-0.25, -0.2) is 4.79 Å². The fraction of sp³-hybridized carbons (Fsp3) is 0.692. The van der Waals surface area contributed by atoms with E-state index in [4.69, 9.17) is 5.11 Å². The summed E-state index contributed by atoms with van der Waals surface area (Å²) in [6, 6.07) is -0.162. The highest BCUT2D eigenvalue weighted by Gasteiger charge is 2.06. The minimum absolute atomic E-state index is 0.162. The highest BCUT2D eigenvalue weighted by Crippen LogP contribution is 2.08. The molecular weight excluding hydrogens is 232 g/mol. The van der Waals surface area contributed by atoms with Gasteiger partial charge in [-0.15, -0.1) is 0 Å². The summed E-state index contributed by atoms with van der Waals surface area (Å²) >= 11 is 0. The van der Waals surface area contributed by atoms with E-state index >= 15 is 0 Å². The standard InChI is InChI=1S/C13H24N2O3/c1-3-4-5-9-14-13(18)15-10-8-11(2)6-7-12(16)17/h3-4,11H,5-10H2,1-2H3,(H,16,17)(H2,14,15,18)/b4-3+. The normalized spacial score (nSPS) is 12.3. The molecule has 0 aromatic carbocycles. The highest BCUT2D eigenvalue weighted by molar-refractivity contribution is 5.73. The Morgan fingerprint density at radius 1 is 1.22 bits per heavy atom. The Morgan fingerprint density at radius 2 is 1.89 bits per heavy atom. The molecule has 0 saturated carbocycles. The lowest BCUT2D eigenvalue weighted by Gasteiger charge is -2.11. The number of carbonyl (C=O) groups excluding carboxylic acids is 1. The van der Waals surface area contributed by atoms with Gasteiger partial charge in [-0.05, 0) is 32.1 Å². The van der Waals surface area contributed by atoms with Crippen molar-refractivity contribution in [3.63, 3.8) is 0 Å². The van der Waals surface area contributed by atoms with Crippen LogP contribution in [-0.4, -0.2) is 30.2 Å². The topological polar surface area (TPSA) is 78.4 Å². The predicted octanol–water partition coefficient (Wildman–Crippen LogP) is 2.14. The summed E-state index contributed by atoms with van der Waals surface area (Å²) in [5, 5.41) is 14.0. The van der Waals surface area contributed by atoms with Gasteiger partial charge in [0, 0.05) is 19.5 Å². The van der Waals surface area contributed by atoms with Crippen LogP contribution in [0.25, 0.3) is 0 Å². The predicted molar refractivity (Wildman–Crippen MR) is 71.5 cm³/mol. The van der Waals surface area contributed by atoms with Gasteiger partial charge < -0.3 is 15.7 Å². The molecule has 0 bridgehead atoms. The molecule has 3 N–H and O–H groups in total. The second-order valence-corrected chi connectivity index (χ2v) is 4.37. The number of nitrogens with one attached hydrogen (secondary N) is 2. The highest BCUT2D eigenvalue weighted by atomic mass is 16.4. The first-order valence-corrected chi connectivity index (χ1v) is 6.41. The summed E-state index contributed by atoms with van der Waals surface area (Å²) in [6.45, 7) is 5.15. The number of hydrogen-bond acceptors (Lipinski definition) is 2. The molecule has 0 aliphatic heterocycles. The number of carbonyl (C=O) groups is 2.